The first-order valence-corrected chi connectivity index (χ1v) is 7.52. The van der Waals surface area contributed by atoms with Crippen molar-refractivity contribution in [2.24, 2.45) is 0 Å². The molecule has 0 bridgehead atoms. The molecule has 3 rings (SSSR count). The summed E-state index contributed by atoms with van der Waals surface area (Å²) in [5.74, 6) is -1.72. The van der Waals surface area contributed by atoms with Gasteiger partial charge in [0.2, 0.25) is 0 Å². The van der Waals surface area contributed by atoms with Gasteiger partial charge < -0.3 is 9.84 Å². The summed E-state index contributed by atoms with van der Waals surface area (Å²) in [5.41, 5.74) is 1.21. The maximum Gasteiger partial charge on any atom is 0.483 e. The number of rotatable bonds is 3. The van der Waals surface area contributed by atoms with Crippen LogP contribution in [0.5, 0.6) is 5.75 Å². The Labute approximate surface area is 142 Å². The van der Waals surface area contributed by atoms with E-state index in [2.05, 4.69) is 4.74 Å². The summed E-state index contributed by atoms with van der Waals surface area (Å²) in [7, 11) is 0. The number of benzene rings is 2. The maximum atomic E-state index is 14.1. The molecule has 2 aromatic carbocycles. The van der Waals surface area contributed by atoms with Crippen LogP contribution in [0.4, 0.5) is 14.5 Å². The molecule has 0 aromatic heterocycles. The molecular weight excluding hydrogens is 330 g/mol. The number of nitrogens with zero attached hydrogens (tertiary/aromatic N) is 2. The van der Waals surface area contributed by atoms with Crippen LogP contribution in [0, 0.1) is 11.3 Å². The van der Waals surface area contributed by atoms with E-state index in [-0.39, 0.29) is 23.5 Å². The molecule has 0 radical (unpaired) electrons. The van der Waals surface area contributed by atoms with Gasteiger partial charge in [-0.05, 0) is 30.7 Å². The third kappa shape index (κ3) is 3.04. The Balaban J connectivity index is 2.08. The monoisotopic (exact) mass is 344 g/mol. The summed E-state index contributed by atoms with van der Waals surface area (Å²) in [4.78, 5) is 13.1. The number of hydrogen-bond acceptors (Lipinski definition) is 4. The van der Waals surface area contributed by atoms with Gasteiger partial charge in [-0.15, -0.1) is 0 Å². The fourth-order valence-electron chi connectivity index (χ4n) is 2.71. The highest BCUT2D eigenvalue weighted by Crippen LogP contribution is 2.44. The highest BCUT2D eigenvalue weighted by molar-refractivity contribution is 6.01. The number of amides is 1. The van der Waals surface area contributed by atoms with E-state index in [0.29, 0.717) is 11.1 Å². The van der Waals surface area contributed by atoms with Crippen LogP contribution in [-0.4, -0.2) is 17.1 Å². The van der Waals surface area contributed by atoms with E-state index in [1.165, 1.54) is 25.1 Å². The zero-order valence-electron chi connectivity index (χ0n) is 13.2. The molecule has 1 aliphatic rings. The normalized spacial score (nSPS) is 16.6. The Morgan fingerprint density at radius 2 is 2.04 bits per heavy atom. The number of hydrogen-bond donors (Lipinski definition) is 1. The second-order valence-electron chi connectivity index (χ2n) is 5.69. The lowest BCUT2D eigenvalue weighted by Crippen LogP contribution is -2.50. The van der Waals surface area contributed by atoms with E-state index in [1.807, 2.05) is 6.07 Å². The topological polar surface area (TPSA) is 73.6 Å². The predicted molar refractivity (Wildman–Crippen MR) is 85.0 cm³/mol. The Hall–Kier alpha value is -2.98. The summed E-state index contributed by atoms with van der Waals surface area (Å²) in [5, 5.41) is 18.8. The zero-order valence-corrected chi connectivity index (χ0v) is 13.2. The van der Waals surface area contributed by atoms with Crippen molar-refractivity contribution in [1.29, 1.82) is 5.26 Å². The van der Waals surface area contributed by atoms with Gasteiger partial charge >= 0.3 is 12.0 Å². The first-order chi connectivity index (χ1) is 11.8. The van der Waals surface area contributed by atoms with E-state index in [9.17, 15) is 18.7 Å². The van der Waals surface area contributed by atoms with Crippen molar-refractivity contribution in [2.45, 2.75) is 25.7 Å². The second kappa shape index (κ2) is 6.15. The van der Waals surface area contributed by atoms with Crippen molar-refractivity contribution in [3.05, 3.63) is 59.2 Å². The summed E-state index contributed by atoms with van der Waals surface area (Å²) in [6.45, 7) is 1.28. The molecular formula is C18H14F2N2O3. The number of halogens is 2. The third-order valence-electron chi connectivity index (χ3n) is 3.89. The summed E-state index contributed by atoms with van der Waals surface area (Å²) in [6.07, 6.45) is -5.08. The number of aliphatic hydroxyl groups excluding tert-OH is 1. The molecule has 0 fully saturated rings. The Bertz CT molecular complexity index is 875. The minimum absolute atomic E-state index is 0.149. The minimum Gasteiger partial charge on any atom is -0.423 e. The molecule has 5 nitrogen and oxygen atoms in total. The van der Waals surface area contributed by atoms with Gasteiger partial charge in [-0.25, -0.2) is 0 Å². The number of aliphatic hydroxyl groups is 1. The van der Waals surface area contributed by atoms with E-state index in [1.54, 1.807) is 24.3 Å². The molecule has 1 amide bonds. The maximum absolute atomic E-state index is 14.1. The van der Waals surface area contributed by atoms with Crippen LogP contribution >= 0.6 is 0 Å². The molecule has 1 aliphatic heterocycles. The van der Waals surface area contributed by atoms with Crippen molar-refractivity contribution in [3.8, 4) is 11.8 Å². The Kier molecular flexibility index (Phi) is 4.15. The predicted octanol–water partition coefficient (Wildman–Crippen LogP) is 3.13. The van der Waals surface area contributed by atoms with Gasteiger partial charge in [0, 0.05) is 5.56 Å². The third-order valence-corrected chi connectivity index (χ3v) is 3.89. The molecule has 1 N–H and O–H groups in total. The molecule has 25 heavy (non-hydrogen) atoms. The molecule has 0 saturated heterocycles. The summed E-state index contributed by atoms with van der Waals surface area (Å²) < 4.78 is 32.7. The zero-order chi connectivity index (χ0) is 18.2. The van der Waals surface area contributed by atoms with Crippen molar-refractivity contribution in [2.75, 3.05) is 4.90 Å². The molecule has 2 aromatic rings. The SMILES string of the molecule is CC(O)c1cccc2c1OC(F)(F)C(=O)N2Cc1cccc(C#N)c1. The second-order valence-corrected chi connectivity index (χ2v) is 5.69. The van der Waals surface area contributed by atoms with Crippen LogP contribution < -0.4 is 9.64 Å². The van der Waals surface area contributed by atoms with E-state index in [0.717, 1.165) is 4.90 Å². The van der Waals surface area contributed by atoms with Crippen LogP contribution in [0.2, 0.25) is 0 Å². The molecule has 128 valence electrons. The Morgan fingerprint density at radius 3 is 2.72 bits per heavy atom. The first kappa shape index (κ1) is 16.9. The summed E-state index contributed by atoms with van der Waals surface area (Å²) in [6, 6.07) is 12.8. The van der Waals surface area contributed by atoms with Crippen LogP contribution in [0.15, 0.2) is 42.5 Å². The number of ether oxygens (including phenoxy) is 1. The van der Waals surface area contributed by atoms with Crippen LogP contribution in [0.3, 0.4) is 0 Å². The van der Waals surface area contributed by atoms with E-state index < -0.39 is 18.1 Å². The van der Waals surface area contributed by atoms with Crippen molar-refractivity contribution in [3.63, 3.8) is 0 Å². The highest BCUT2D eigenvalue weighted by Gasteiger charge is 2.51. The lowest BCUT2D eigenvalue weighted by atomic mass is 10.0. The van der Waals surface area contributed by atoms with Crippen LogP contribution in [-0.2, 0) is 11.3 Å². The number of para-hydroxylation sites is 1. The smallest absolute Gasteiger partial charge is 0.423 e. The molecule has 0 saturated carbocycles. The Morgan fingerprint density at radius 1 is 1.32 bits per heavy atom. The van der Waals surface area contributed by atoms with Gasteiger partial charge in [0.05, 0.1) is 30.0 Å². The largest absolute Gasteiger partial charge is 0.483 e. The van der Waals surface area contributed by atoms with E-state index >= 15 is 0 Å². The lowest BCUT2D eigenvalue weighted by Gasteiger charge is -2.35. The van der Waals surface area contributed by atoms with Gasteiger partial charge in [-0.3, -0.25) is 9.69 Å². The molecule has 0 spiro atoms. The number of nitriles is 1. The van der Waals surface area contributed by atoms with Crippen molar-refractivity contribution in [1.82, 2.24) is 0 Å². The first-order valence-electron chi connectivity index (χ1n) is 7.52. The molecule has 1 unspecified atom stereocenters. The number of fused-ring (bicyclic) bond motifs is 1. The standard InChI is InChI=1S/C18H14F2N2O3/c1-11(23)14-6-3-7-15-16(14)25-18(19,20)17(24)22(15)10-13-5-2-4-12(8-13)9-21/h2-8,11,23H,10H2,1H3. The highest BCUT2D eigenvalue weighted by atomic mass is 19.3. The average molecular weight is 344 g/mol. The fraction of sp³-hybridized carbons (Fsp3) is 0.222. The minimum atomic E-state index is -4.04. The quantitative estimate of drug-likeness (QED) is 0.928. The van der Waals surface area contributed by atoms with Crippen molar-refractivity contribution >= 4 is 11.6 Å². The van der Waals surface area contributed by atoms with Crippen LogP contribution in [0.1, 0.15) is 29.7 Å². The van der Waals surface area contributed by atoms with Crippen LogP contribution in [0.25, 0.3) is 0 Å². The van der Waals surface area contributed by atoms with Gasteiger partial charge in [0.25, 0.3) is 0 Å². The summed E-state index contributed by atoms with van der Waals surface area (Å²) >= 11 is 0. The molecule has 1 atom stereocenters. The number of carbonyl (C=O) groups excluding carboxylic acids is 1. The molecule has 1 heterocycles. The lowest BCUT2D eigenvalue weighted by molar-refractivity contribution is -0.193. The number of carbonyl (C=O) groups is 1. The number of anilines is 1. The number of alkyl halides is 2. The molecule has 0 aliphatic carbocycles. The average Bonchev–Trinajstić information content (AvgIpc) is 2.58. The van der Waals surface area contributed by atoms with Crippen molar-refractivity contribution < 1.29 is 23.4 Å². The van der Waals surface area contributed by atoms with Gasteiger partial charge in [0.1, 0.15) is 0 Å². The van der Waals surface area contributed by atoms with Gasteiger partial charge in [0.15, 0.2) is 5.75 Å². The van der Waals surface area contributed by atoms with Gasteiger partial charge in [-0.2, -0.15) is 14.0 Å². The fourth-order valence-corrected chi connectivity index (χ4v) is 2.71. The van der Waals surface area contributed by atoms with E-state index in [4.69, 9.17) is 5.26 Å². The van der Waals surface area contributed by atoms with Gasteiger partial charge in [-0.1, -0.05) is 24.3 Å². The molecule has 7 heteroatoms.